The average Bonchev–Trinajstić information content (AvgIpc) is 2.48. The first-order valence-corrected chi connectivity index (χ1v) is 8.29. The van der Waals surface area contributed by atoms with Crippen LogP contribution in [0.2, 0.25) is 0 Å². The summed E-state index contributed by atoms with van der Waals surface area (Å²) in [5, 5.41) is 3.74. The predicted octanol–water partition coefficient (Wildman–Crippen LogP) is 2.67. The van der Waals surface area contributed by atoms with Gasteiger partial charge in [-0.1, -0.05) is 36.8 Å². The molecule has 1 fully saturated rings. The van der Waals surface area contributed by atoms with E-state index in [2.05, 4.69) is 67.3 Å². The van der Waals surface area contributed by atoms with Gasteiger partial charge in [0.15, 0.2) is 0 Å². The fourth-order valence-electron chi connectivity index (χ4n) is 3.08. The van der Waals surface area contributed by atoms with Crippen molar-refractivity contribution in [3.63, 3.8) is 0 Å². The van der Waals surface area contributed by atoms with Crippen molar-refractivity contribution in [1.29, 1.82) is 0 Å². The molecule has 0 spiro atoms. The van der Waals surface area contributed by atoms with Gasteiger partial charge >= 0.3 is 0 Å². The van der Waals surface area contributed by atoms with Gasteiger partial charge in [0.2, 0.25) is 0 Å². The first-order chi connectivity index (χ1) is 10.1. The molecule has 1 aliphatic rings. The topological polar surface area (TPSA) is 18.5 Å². The summed E-state index contributed by atoms with van der Waals surface area (Å²) in [6, 6.07) is 10.1. The molecule has 1 aliphatic heterocycles. The van der Waals surface area contributed by atoms with Gasteiger partial charge in [-0.2, -0.15) is 0 Å². The van der Waals surface area contributed by atoms with Crippen molar-refractivity contribution in [1.82, 2.24) is 15.1 Å². The minimum Gasteiger partial charge on any atom is -0.310 e. The first kappa shape index (κ1) is 16.5. The van der Waals surface area contributed by atoms with Gasteiger partial charge < -0.3 is 15.1 Å². The van der Waals surface area contributed by atoms with Crippen LogP contribution in [0.3, 0.4) is 0 Å². The molecule has 0 radical (unpaired) electrons. The highest BCUT2D eigenvalue weighted by Crippen LogP contribution is 2.23. The van der Waals surface area contributed by atoms with E-state index in [-0.39, 0.29) is 0 Å². The fourth-order valence-corrected chi connectivity index (χ4v) is 3.08. The van der Waals surface area contributed by atoms with Crippen molar-refractivity contribution >= 4 is 0 Å². The molecule has 0 amide bonds. The number of likely N-dealkylation sites (N-methyl/N-ethyl adjacent to an activating group) is 2. The van der Waals surface area contributed by atoms with Crippen molar-refractivity contribution in [2.45, 2.75) is 38.8 Å². The second kappa shape index (κ2) is 7.92. The standard InChI is InChI=1S/C18H31N3/c1-5-10-19-18(16-8-6-15(2)7-9-16)13-17-14-20(3)11-12-21(17)4/h6-9,17-19H,5,10-14H2,1-4H3. The van der Waals surface area contributed by atoms with Crippen LogP contribution >= 0.6 is 0 Å². The van der Waals surface area contributed by atoms with E-state index >= 15 is 0 Å². The molecule has 1 saturated heterocycles. The van der Waals surface area contributed by atoms with Gasteiger partial charge in [-0.05, 0) is 46.0 Å². The zero-order chi connectivity index (χ0) is 15.2. The van der Waals surface area contributed by atoms with Crippen LogP contribution in [0.1, 0.15) is 36.9 Å². The third-order valence-electron chi connectivity index (χ3n) is 4.61. The zero-order valence-electron chi connectivity index (χ0n) is 14.1. The minimum atomic E-state index is 0.462. The molecule has 0 aromatic heterocycles. The third kappa shape index (κ3) is 4.80. The lowest BCUT2D eigenvalue weighted by molar-refractivity contribution is 0.101. The summed E-state index contributed by atoms with van der Waals surface area (Å²) in [6.45, 7) is 9.01. The van der Waals surface area contributed by atoms with E-state index in [1.807, 2.05) is 0 Å². The van der Waals surface area contributed by atoms with Gasteiger partial charge in [-0.25, -0.2) is 0 Å². The predicted molar refractivity (Wildman–Crippen MR) is 90.7 cm³/mol. The van der Waals surface area contributed by atoms with E-state index < -0.39 is 0 Å². The lowest BCUT2D eigenvalue weighted by Gasteiger charge is -2.39. The molecule has 118 valence electrons. The maximum absolute atomic E-state index is 3.74. The summed E-state index contributed by atoms with van der Waals surface area (Å²) in [4.78, 5) is 4.98. The molecule has 2 unspecified atom stereocenters. The smallest absolute Gasteiger partial charge is 0.0335 e. The Morgan fingerprint density at radius 3 is 2.57 bits per heavy atom. The van der Waals surface area contributed by atoms with Crippen LogP contribution < -0.4 is 5.32 Å². The minimum absolute atomic E-state index is 0.462. The molecule has 0 saturated carbocycles. The molecule has 1 heterocycles. The summed E-state index contributed by atoms with van der Waals surface area (Å²) >= 11 is 0. The second-order valence-electron chi connectivity index (χ2n) is 6.55. The van der Waals surface area contributed by atoms with Gasteiger partial charge in [0.1, 0.15) is 0 Å². The van der Waals surface area contributed by atoms with Crippen LogP contribution in [0.4, 0.5) is 0 Å². The molecule has 1 N–H and O–H groups in total. The summed E-state index contributed by atoms with van der Waals surface area (Å²) in [6.07, 6.45) is 2.37. The van der Waals surface area contributed by atoms with E-state index in [4.69, 9.17) is 0 Å². The molecule has 0 aliphatic carbocycles. The molecule has 1 aromatic rings. The Bertz CT molecular complexity index is 415. The highest BCUT2D eigenvalue weighted by molar-refractivity contribution is 5.24. The largest absolute Gasteiger partial charge is 0.310 e. The fraction of sp³-hybridized carbons (Fsp3) is 0.667. The van der Waals surface area contributed by atoms with Gasteiger partial charge in [0, 0.05) is 31.7 Å². The number of hydrogen-bond donors (Lipinski definition) is 1. The van der Waals surface area contributed by atoms with Gasteiger partial charge in [0.25, 0.3) is 0 Å². The quantitative estimate of drug-likeness (QED) is 0.868. The van der Waals surface area contributed by atoms with Crippen LogP contribution in [0.25, 0.3) is 0 Å². The van der Waals surface area contributed by atoms with Crippen LogP contribution in [0.15, 0.2) is 24.3 Å². The maximum Gasteiger partial charge on any atom is 0.0335 e. The highest BCUT2D eigenvalue weighted by atomic mass is 15.3. The van der Waals surface area contributed by atoms with E-state index in [9.17, 15) is 0 Å². The molecule has 2 rings (SSSR count). The Balaban J connectivity index is 2.06. The third-order valence-corrected chi connectivity index (χ3v) is 4.61. The normalized spacial score (nSPS) is 22.4. The number of rotatable bonds is 6. The molecule has 3 heteroatoms. The molecule has 0 bridgehead atoms. The molecular weight excluding hydrogens is 258 g/mol. The van der Waals surface area contributed by atoms with E-state index in [1.54, 1.807) is 0 Å². The van der Waals surface area contributed by atoms with Crippen molar-refractivity contribution in [3.05, 3.63) is 35.4 Å². The second-order valence-corrected chi connectivity index (χ2v) is 6.55. The highest BCUT2D eigenvalue weighted by Gasteiger charge is 2.25. The Morgan fingerprint density at radius 1 is 1.19 bits per heavy atom. The van der Waals surface area contributed by atoms with Crippen molar-refractivity contribution < 1.29 is 0 Å². The van der Waals surface area contributed by atoms with Crippen molar-refractivity contribution in [2.75, 3.05) is 40.3 Å². The van der Waals surface area contributed by atoms with Gasteiger partial charge in [-0.15, -0.1) is 0 Å². The summed E-state index contributed by atoms with van der Waals surface area (Å²) < 4.78 is 0. The monoisotopic (exact) mass is 289 g/mol. The Kier molecular flexibility index (Phi) is 6.22. The molecular formula is C18H31N3. The lowest BCUT2D eigenvalue weighted by atomic mass is 9.96. The van der Waals surface area contributed by atoms with Crippen LogP contribution in [-0.4, -0.2) is 56.1 Å². The number of hydrogen-bond acceptors (Lipinski definition) is 3. The summed E-state index contributed by atoms with van der Waals surface area (Å²) in [5.41, 5.74) is 2.76. The van der Waals surface area contributed by atoms with Crippen LogP contribution in [0, 0.1) is 6.92 Å². The number of nitrogens with one attached hydrogen (secondary N) is 1. The summed E-state index contributed by atoms with van der Waals surface area (Å²) in [7, 11) is 4.50. The first-order valence-electron chi connectivity index (χ1n) is 8.29. The summed E-state index contributed by atoms with van der Waals surface area (Å²) in [5.74, 6) is 0. The number of benzene rings is 1. The number of piperazine rings is 1. The molecule has 2 atom stereocenters. The molecule has 3 nitrogen and oxygen atoms in total. The Labute approximate surface area is 130 Å². The lowest BCUT2D eigenvalue weighted by Crippen LogP contribution is -2.51. The van der Waals surface area contributed by atoms with Crippen LogP contribution in [0.5, 0.6) is 0 Å². The van der Waals surface area contributed by atoms with E-state index in [1.165, 1.54) is 43.6 Å². The number of nitrogens with zero attached hydrogens (tertiary/aromatic N) is 2. The Hall–Kier alpha value is -0.900. The number of aryl methyl sites for hydroxylation is 1. The van der Waals surface area contributed by atoms with Crippen molar-refractivity contribution in [3.8, 4) is 0 Å². The van der Waals surface area contributed by atoms with E-state index in [0.29, 0.717) is 12.1 Å². The average molecular weight is 289 g/mol. The molecule has 21 heavy (non-hydrogen) atoms. The zero-order valence-corrected chi connectivity index (χ0v) is 14.1. The van der Waals surface area contributed by atoms with Crippen LogP contribution in [-0.2, 0) is 0 Å². The van der Waals surface area contributed by atoms with Gasteiger partial charge in [0.05, 0.1) is 0 Å². The Morgan fingerprint density at radius 2 is 1.90 bits per heavy atom. The maximum atomic E-state index is 3.74. The van der Waals surface area contributed by atoms with Crippen molar-refractivity contribution in [2.24, 2.45) is 0 Å². The SMILES string of the molecule is CCCNC(CC1CN(C)CCN1C)c1ccc(C)cc1. The van der Waals surface area contributed by atoms with Gasteiger partial charge in [-0.3, -0.25) is 0 Å². The molecule has 1 aromatic carbocycles. The van der Waals surface area contributed by atoms with E-state index in [0.717, 1.165) is 6.54 Å².